The first-order valence-electron chi connectivity index (χ1n) is 9.86. The van der Waals surface area contributed by atoms with Crippen LogP contribution in [0.3, 0.4) is 0 Å². The first-order valence-corrected chi connectivity index (χ1v) is 9.86. The van der Waals surface area contributed by atoms with Gasteiger partial charge in [0.2, 0.25) is 0 Å². The van der Waals surface area contributed by atoms with Crippen molar-refractivity contribution in [3.63, 3.8) is 0 Å². The summed E-state index contributed by atoms with van der Waals surface area (Å²) in [5.41, 5.74) is -0.288. The minimum Gasteiger partial charge on any atom is -0.383 e. The molecule has 0 saturated heterocycles. The molecule has 0 aliphatic heterocycles. The van der Waals surface area contributed by atoms with Gasteiger partial charge in [-0.2, -0.15) is 5.10 Å². The fourth-order valence-corrected chi connectivity index (χ4v) is 3.17. The molecule has 0 amide bonds. The van der Waals surface area contributed by atoms with Gasteiger partial charge in [0.25, 0.3) is 0 Å². The van der Waals surface area contributed by atoms with E-state index in [1.165, 1.54) is 38.5 Å². The molecular weight excluding hydrogens is 457 g/mol. The molecule has 1 aromatic rings. The van der Waals surface area contributed by atoms with Crippen molar-refractivity contribution in [3.05, 3.63) is 18.0 Å². The van der Waals surface area contributed by atoms with E-state index in [0.29, 0.717) is 25.2 Å². The summed E-state index contributed by atoms with van der Waals surface area (Å²) in [7, 11) is 1.84. The van der Waals surface area contributed by atoms with E-state index in [1.807, 2.05) is 20.2 Å². The summed E-state index contributed by atoms with van der Waals surface area (Å²) in [4.78, 5) is 4.52. The van der Waals surface area contributed by atoms with E-state index < -0.39 is 5.60 Å². The molecule has 1 heterocycles. The van der Waals surface area contributed by atoms with E-state index in [2.05, 4.69) is 20.7 Å². The Bertz CT molecular complexity index is 554. The fourth-order valence-electron chi connectivity index (χ4n) is 3.17. The summed E-state index contributed by atoms with van der Waals surface area (Å²) in [5, 5.41) is 21.3. The van der Waals surface area contributed by atoms with Crippen LogP contribution in [0.2, 0.25) is 0 Å². The molecule has 1 saturated carbocycles. The van der Waals surface area contributed by atoms with Crippen LogP contribution in [-0.2, 0) is 17.4 Å². The SMILES string of the molecule is CCNC(=NCC(C)(O)c1cnn(C)c1)NCCOC1CCCCCC1.I. The van der Waals surface area contributed by atoms with Gasteiger partial charge < -0.3 is 20.5 Å². The van der Waals surface area contributed by atoms with E-state index in [1.54, 1.807) is 17.8 Å². The third-order valence-corrected chi connectivity index (χ3v) is 4.77. The maximum absolute atomic E-state index is 10.6. The number of aromatic nitrogens is 2. The van der Waals surface area contributed by atoms with Crippen LogP contribution in [-0.4, -0.2) is 53.2 Å². The number of nitrogens with one attached hydrogen (secondary N) is 2. The highest BCUT2D eigenvalue weighted by Crippen LogP contribution is 2.20. The second kappa shape index (κ2) is 12.6. The molecule has 0 radical (unpaired) electrons. The number of rotatable bonds is 8. The van der Waals surface area contributed by atoms with Gasteiger partial charge in [-0.25, -0.2) is 4.99 Å². The first kappa shape index (κ1) is 24.2. The summed E-state index contributed by atoms with van der Waals surface area (Å²) in [5.74, 6) is 0.695. The Kier molecular flexibility index (Phi) is 11.2. The highest BCUT2D eigenvalue weighted by molar-refractivity contribution is 14.0. The van der Waals surface area contributed by atoms with E-state index in [-0.39, 0.29) is 30.5 Å². The lowest BCUT2D eigenvalue weighted by atomic mass is 10.0. The van der Waals surface area contributed by atoms with Gasteiger partial charge in [-0.05, 0) is 26.7 Å². The van der Waals surface area contributed by atoms with Gasteiger partial charge in [-0.3, -0.25) is 4.68 Å². The lowest BCUT2D eigenvalue weighted by Gasteiger charge is -2.21. The van der Waals surface area contributed by atoms with Crippen molar-refractivity contribution < 1.29 is 9.84 Å². The molecule has 0 spiro atoms. The number of aliphatic imine (C=N–C) groups is 1. The zero-order valence-corrected chi connectivity index (χ0v) is 19.2. The number of hydrogen-bond donors (Lipinski definition) is 3. The van der Waals surface area contributed by atoms with Crippen molar-refractivity contribution >= 4 is 29.9 Å². The number of ether oxygens (including phenoxy) is 1. The minimum absolute atomic E-state index is 0. The van der Waals surface area contributed by atoms with Crippen LogP contribution in [0.5, 0.6) is 0 Å². The highest BCUT2D eigenvalue weighted by atomic mass is 127. The monoisotopic (exact) mass is 493 g/mol. The third kappa shape index (κ3) is 8.78. The smallest absolute Gasteiger partial charge is 0.191 e. The summed E-state index contributed by atoms with van der Waals surface area (Å²) < 4.78 is 7.69. The third-order valence-electron chi connectivity index (χ3n) is 4.77. The molecule has 1 atom stereocenters. The molecule has 1 aromatic heterocycles. The lowest BCUT2D eigenvalue weighted by Crippen LogP contribution is -2.40. The molecule has 3 N–H and O–H groups in total. The molecule has 7 nitrogen and oxygen atoms in total. The van der Waals surface area contributed by atoms with Crippen LogP contribution < -0.4 is 10.6 Å². The normalized spacial score (nSPS) is 18.3. The maximum atomic E-state index is 10.6. The predicted molar refractivity (Wildman–Crippen MR) is 120 cm³/mol. The second-order valence-corrected chi connectivity index (χ2v) is 7.28. The van der Waals surface area contributed by atoms with Crippen molar-refractivity contribution in [2.75, 3.05) is 26.2 Å². The van der Waals surface area contributed by atoms with Gasteiger partial charge in [0.1, 0.15) is 5.60 Å². The number of guanidine groups is 1. The molecule has 2 rings (SSSR count). The summed E-state index contributed by atoms with van der Waals surface area (Å²) in [6, 6.07) is 0. The number of halogens is 1. The zero-order valence-electron chi connectivity index (χ0n) is 16.9. The summed E-state index contributed by atoms with van der Waals surface area (Å²) in [6.07, 6.45) is 11.5. The van der Waals surface area contributed by atoms with E-state index >= 15 is 0 Å². The van der Waals surface area contributed by atoms with Crippen LogP contribution in [0.1, 0.15) is 57.9 Å². The quantitative estimate of drug-likeness (QED) is 0.171. The van der Waals surface area contributed by atoms with Crippen LogP contribution in [0.15, 0.2) is 17.4 Å². The van der Waals surface area contributed by atoms with Crippen LogP contribution in [0.25, 0.3) is 0 Å². The van der Waals surface area contributed by atoms with E-state index in [9.17, 15) is 5.11 Å². The Morgan fingerprint density at radius 3 is 2.63 bits per heavy atom. The number of nitrogens with zero attached hydrogens (tertiary/aromatic N) is 3. The van der Waals surface area contributed by atoms with E-state index in [4.69, 9.17) is 4.74 Å². The average Bonchev–Trinajstić information content (AvgIpc) is 2.90. The molecule has 0 aromatic carbocycles. The molecule has 8 heteroatoms. The first-order chi connectivity index (χ1) is 12.5. The average molecular weight is 493 g/mol. The number of aliphatic hydroxyl groups is 1. The Labute approximate surface area is 180 Å². The number of hydrogen-bond acceptors (Lipinski definition) is 4. The largest absolute Gasteiger partial charge is 0.383 e. The molecule has 1 aliphatic carbocycles. The predicted octanol–water partition coefficient (Wildman–Crippen LogP) is 2.54. The molecule has 27 heavy (non-hydrogen) atoms. The highest BCUT2D eigenvalue weighted by Gasteiger charge is 2.24. The standard InChI is InChI=1S/C19H35N5O2.HI/c1-4-20-18(21-11-12-26-17-9-7-5-6-8-10-17)22-15-19(2,25)16-13-23-24(3)14-16;/h13-14,17,25H,4-12,15H2,1-3H3,(H2,20,21,22);1H. The van der Waals surface area contributed by atoms with Crippen molar-refractivity contribution in [1.29, 1.82) is 0 Å². The summed E-state index contributed by atoms with van der Waals surface area (Å²) in [6.45, 7) is 6.19. The fraction of sp³-hybridized carbons (Fsp3) is 0.789. The van der Waals surface area contributed by atoms with Crippen LogP contribution in [0, 0.1) is 0 Å². The molecular formula is C19H36IN5O2. The topological polar surface area (TPSA) is 83.7 Å². The van der Waals surface area contributed by atoms with Gasteiger partial charge in [0.15, 0.2) is 5.96 Å². The van der Waals surface area contributed by atoms with E-state index in [0.717, 1.165) is 12.1 Å². The molecule has 156 valence electrons. The molecule has 1 fully saturated rings. The van der Waals surface area contributed by atoms with Gasteiger partial charge in [0.05, 0.1) is 25.5 Å². The minimum atomic E-state index is -1.05. The summed E-state index contributed by atoms with van der Waals surface area (Å²) >= 11 is 0. The van der Waals surface area contributed by atoms with Gasteiger partial charge >= 0.3 is 0 Å². The van der Waals surface area contributed by atoms with Crippen LogP contribution >= 0.6 is 24.0 Å². The van der Waals surface area contributed by atoms with Gasteiger partial charge in [-0.15, -0.1) is 24.0 Å². The molecule has 1 unspecified atom stereocenters. The Hall–Kier alpha value is -0.870. The molecule has 0 bridgehead atoms. The second-order valence-electron chi connectivity index (χ2n) is 7.28. The Balaban J connectivity index is 0.00000364. The Morgan fingerprint density at radius 2 is 2.04 bits per heavy atom. The lowest BCUT2D eigenvalue weighted by molar-refractivity contribution is 0.0467. The van der Waals surface area contributed by atoms with Crippen molar-refractivity contribution in [1.82, 2.24) is 20.4 Å². The van der Waals surface area contributed by atoms with Crippen LogP contribution in [0.4, 0.5) is 0 Å². The van der Waals surface area contributed by atoms with Crippen molar-refractivity contribution in [3.8, 4) is 0 Å². The maximum Gasteiger partial charge on any atom is 0.191 e. The van der Waals surface area contributed by atoms with Gasteiger partial charge in [0, 0.05) is 31.9 Å². The van der Waals surface area contributed by atoms with Crippen molar-refractivity contribution in [2.45, 2.75) is 64.1 Å². The van der Waals surface area contributed by atoms with Gasteiger partial charge in [-0.1, -0.05) is 25.7 Å². The Morgan fingerprint density at radius 1 is 1.33 bits per heavy atom. The number of aryl methyl sites for hydroxylation is 1. The zero-order chi connectivity index (χ0) is 18.8. The van der Waals surface area contributed by atoms with Crippen molar-refractivity contribution in [2.24, 2.45) is 12.0 Å². The molecule has 1 aliphatic rings.